The third-order valence-corrected chi connectivity index (χ3v) is 4.93. The number of nitrogens with one attached hydrogen (secondary N) is 3. The topological polar surface area (TPSA) is 116 Å². The average Bonchev–Trinajstić information content (AvgIpc) is 3.22. The molecular formula is C23H21FN6O4. The number of ether oxygens (including phenoxy) is 1. The molecule has 1 fully saturated rings. The van der Waals surface area contributed by atoms with Crippen LogP contribution in [0.1, 0.15) is 0 Å². The first-order valence-electron chi connectivity index (χ1n) is 10.3. The van der Waals surface area contributed by atoms with Crippen molar-refractivity contribution in [2.24, 2.45) is 0 Å². The summed E-state index contributed by atoms with van der Waals surface area (Å²) in [6.07, 6.45) is 1.50. The molecule has 0 unspecified atom stereocenters. The summed E-state index contributed by atoms with van der Waals surface area (Å²) in [5.41, 5.74) is 0.995. The minimum Gasteiger partial charge on any atom is -0.457 e. The summed E-state index contributed by atoms with van der Waals surface area (Å²) in [6.45, 7) is 0.519. The van der Waals surface area contributed by atoms with Gasteiger partial charge < -0.3 is 15.4 Å². The molecule has 34 heavy (non-hydrogen) atoms. The van der Waals surface area contributed by atoms with Gasteiger partial charge in [-0.1, -0.05) is 0 Å². The number of benzene rings is 2. The number of rotatable bonds is 5. The van der Waals surface area contributed by atoms with Crippen molar-refractivity contribution >= 4 is 35.3 Å². The summed E-state index contributed by atoms with van der Waals surface area (Å²) in [6, 6.07) is 13.8. The second kappa shape index (κ2) is 9.86. The van der Waals surface area contributed by atoms with Crippen molar-refractivity contribution in [3.05, 3.63) is 72.7 Å². The van der Waals surface area contributed by atoms with Crippen molar-refractivity contribution in [3.8, 4) is 11.5 Å². The van der Waals surface area contributed by atoms with Crippen LogP contribution in [-0.4, -0.2) is 48.1 Å². The minimum absolute atomic E-state index is 0.206. The van der Waals surface area contributed by atoms with E-state index >= 15 is 0 Å². The van der Waals surface area contributed by atoms with E-state index < -0.39 is 23.9 Å². The summed E-state index contributed by atoms with van der Waals surface area (Å²) >= 11 is 0. The number of hydrogen-bond donors (Lipinski definition) is 3. The van der Waals surface area contributed by atoms with Gasteiger partial charge in [-0.15, -0.1) is 0 Å². The Hall–Kier alpha value is -4.67. The lowest BCUT2D eigenvalue weighted by Gasteiger charge is -2.18. The van der Waals surface area contributed by atoms with Gasteiger partial charge in [0.2, 0.25) is 0 Å². The van der Waals surface area contributed by atoms with Crippen LogP contribution in [0.5, 0.6) is 11.5 Å². The molecule has 6 amide bonds. The standard InChI is InChI=1S/C23H21FN6O4/c1-25-21(31)28-20-14-19(10-11-26-20)34-18-8-4-16(5-9-18)27-22(32)30-13-12-29(23(30)33)17-6-2-15(24)3-7-17/h2-11,14H,12-13H2,1H3,(H,27,32)(H2,25,26,28,31). The predicted octanol–water partition coefficient (Wildman–Crippen LogP) is 4.24. The molecule has 1 aliphatic heterocycles. The van der Waals surface area contributed by atoms with Crippen molar-refractivity contribution in [1.82, 2.24) is 15.2 Å². The van der Waals surface area contributed by atoms with Crippen LogP contribution < -0.4 is 25.6 Å². The number of carbonyl (C=O) groups excluding carboxylic acids is 3. The highest BCUT2D eigenvalue weighted by Crippen LogP contribution is 2.25. The van der Waals surface area contributed by atoms with Crippen molar-refractivity contribution in [1.29, 1.82) is 0 Å². The summed E-state index contributed by atoms with van der Waals surface area (Å²) < 4.78 is 18.9. The van der Waals surface area contributed by atoms with Gasteiger partial charge in [0.15, 0.2) is 0 Å². The molecule has 0 aliphatic carbocycles. The lowest BCUT2D eigenvalue weighted by Crippen LogP contribution is -2.39. The molecule has 4 rings (SSSR count). The Kier molecular flexibility index (Phi) is 6.53. The van der Waals surface area contributed by atoms with Gasteiger partial charge in [0.25, 0.3) is 0 Å². The molecule has 0 atom stereocenters. The Morgan fingerprint density at radius 1 is 0.971 bits per heavy atom. The third kappa shape index (κ3) is 5.21. The lowest BCUT2D eigenvalue weighted by molar-refractivity contribution is 0.209. The SMILES string of the molecule is CNC(=O)Nc1cc(Oc2ccc(NC(=O)N3CCN(c4ccc(F)cc4)C3=O)cc2)ccn1. The number of aromatic nitrogens is 1. The van der Waals surface area contributed by atoms with Crippen molar-refractivity contribution < 1.29 is 23.5 Å². The van der Waals surface area contributed by atoms with Gasteiger partial charge in [0.1, 0.15) is 23.1 Å². The van der Waals surface area contributed by atoms with Crippen LogP contribution in [0.3, 0.4) is 0 Å². The van der Waals surface area contributed by atoms with Crippen LogP contribution in [-0.2, 0) is 0 Å². The van der Waals surface area contributed by atoms with Crippen molar-refractivity contribution in [2.45, 2.75) is 0 Å². The van der Waals surface area contributed by atoms with Gasteiger partial charge in [-0.05, 0) is 54.6 Å². The molecule has 11 heteroatoms. The quantitative estimate of drug-likeness (QED) is 0.522. The molecule has 0 bridgehead atoms. The summed E-state index contributed by atoms with van der Waals surface area (Å²) in [7, 11) is 1.50. The zero-order valence-corrected chi connectivity index (χ0v) is 18.1. The molecule has 2 aromatic carbocycles. The highest BCUT2D eigenvalue weighted by atomic mass is 19.1. The number of pyridine rings is 1. The smallest absolute Gasteiger partial charge is 0.332 e. The number of hydrogen-bond acceptors (Lipinski definition) is 5. The molecule has 10 nitrogen and oxygen atoms in total. The van der Waals surface area contributed by atoms with E-state index in [0.717, 1.165) is 4.90 Å². The first-order valence-corrected chi connectivity index (χ1v) is 10.3. The molecule has 1 aliphatic rings. The molecule has 3 N–H and O–H groups in total. The van der Waals surface area contributed by atoms with E-state index in [1.54, 1.807) is 36.4 Å². The number of nitrogens with zero attached hydrogens (tertiary/aromatic N) is 3. The Balaban J connectivity index is 1.35. The van der Waals surface area contributed by atoms with E-state index in [1.807, 2.05) is 0 Å². The normalized spacial score (nSPS) is 12.9. The summed E-state index contributed by atoms with van der Waals surface area (Å²) in [5, 5.41) is 7.67. The van der Waals surface area contributed by atoms with Crippen LogP contribution in [0, 0.1) is 5.82 Å². The molecular weight excluding hydrogens is 443 g/mol. The number of urea groups is 3. The number of halogens is 1. The maximum atomic E-state index is 13.1. The highest BCUT2D eigenvalue weighted by Gasteiger charge is 2.34. The zero-order chi connectivity index (χ0) is 24.1. The first-order chi connectivity index (χ1) is 16.4. The van der Waals surface area contributed by atoms with E-state index in [0.29, 0.717) is 35.2 Å². The average molecular weight is 464 g/mol. The van der Waals surface area contributed by atoms with Crippen LogP contribution in [0.25, 0.3) is 0 Å². The van der Waals surface area contributed by atoms with Gasteiger partial charge in [0, 0.05) is 37.2 Å². The molecule has 0 spiro atoms. The van der Waals surface area contributed by atoms with Gasteiger partial charge in [-0.2, -0.15) is 0 Å². The van der Waals surface area contributed by atoms with Crippen molar-refractivity contribution in [3.63, 3.8) is 0 Å². The van der Waals surface area contributed by atoms with Crippen LogP contribution in [0.4, 0.5) is 36.0 Å². The first kappa shape index (κ1) is 22.5. The van der Waals surface area contributed by atoms with Gasteiger partial charge in [0.05, 0.1) is 6.54 Å². The van der Waals surface area contributed by atoms with E-state index in [-0.39, 0.29) is 6.54 Å². The van der Waals surface area contributed by atoms with E-state index in [2.05, 4.69) is 20.9 Å². The van der Waals surface area contributed by atoms with E-state index in [4.69, 9.17) is 4.74 Å². The van der Waals surface area contributed by atoms with Crippen LogP contribution in [0.2, 0.25) is 0 Å². The van der Waals surface area contributed by atoms with Gasteiger partial charge in [-0.3, -0.25) is 10.2 Å². The number of anilines is 3. The number of carbonyl (C=O) groups is 3. The maximum absolute atomic E-state index is 13.1. The second-order valence-electron chi connectivity index (χ2n) is 7.20. The largest absolute Gasteiger partial charge is 0.457 e. The minimum atomic E-state index is -0.567. The number of imide groups is 1. The van der Waals surface area contributed by atoms with E-state index in [1.165, 1.54) is 42.4 Å². The fraction of sp³-hybridized carbons (Fsp3) is 0.130. The Bertz CT molecular complexity index is 1200. The number of amides is 6. The fourth-order valence-corrected chi connectivity index (χ4v) is 3.24. The monoisotopic (exact) mass is 464 g/mol. The Morgan fingerprint density at radius 3 is 2.41 bits per heavy atom. The lowest BCUT2D eigenvalue weighted by atomic mass is 10.3. The van der Waals surface area contributed by atoms with Crippen LogP contribution in [0.15, 0.2) is 66.9 Å². The van der Waals surface area contributed by atoms with Crippen molar-refractivity contribution in [2.75, 3.05) is 35.7 Å². The highest BCUT2D eigenvalue weighted by molar-refractivity contribution is 6.08. The molecule has 2 heterocycles. The zero-order valence-electron chi connectivity index (χ0n) is 18.1. The predicted molar refractivity (Wildman–Crippen MR) is 124 cm³/mol. The fourth-order valence-electron chi connectivity index (χ4n) is 3.24. The van der Waals surface area contributed by atoms with Gasteiger partial charge in [-0.25, -0.2) is 28.7 Å². The Labute approximate surface area is 194 Å². The second-order valence-corrected chi connectivity index (χ2v) is 7.20. The Morgan fingerprint density at radius 2 is 1.71 bits per heavy atom. The summed E-state index contributed by atoms with van der Waals surface area (Å²) in [4.78, 5) is 43.2. The molecule has 174 valence electrons. The molecule has 1 aromatic heterocycles. The molecule has 1 saturated heterocycles. The van der Waals surface area contributed by atoms with Gasteiger partial charge >= 0.3 is 18.1 Å². The maximum Gasteiger partial charge on any atom is 0.332 e. The molecule has 0 saturated carbocycles. The third-order valence-electron chi connectivity index (χ3n) is 4.93. The van der Waals surface area contributed by atoms with E-state index in [9.17, 15) is 18.8 Å². The van der Waals surface area contributed by atoms with Crippen LogP contribution >= 0.6 is 0 Å². The molecule has 0 radical (unpaired) electrons. The molecule has 3 aromatic rings. The summed E-state index contributed by atoms with van der Waals surface area (Å²) in [5.74, 6) is 0.879.